The molecule has 0 aliphatic heterocycles. The van der Waals surface area contributed by atoms with E-state index in [4.69, 9.17) is 5.73 Å². The van der Waals surface area contributed by atoms with E-state index < -0.39 is 0 Å². The van der Waals surface area contributed by atoms with E-state index in [2.05, 4.69) is 11.9 Å². The molecule has 3 N–H and O–H groups in total. The van der Waals surface area contributed by atoms with Gasteiger partial charge in [0, 0.05) is 6.54 Å². The van der Waals surface area contributed by atoms with E-state index in [0.29, 0.717) is 6.54 Å². The van der Waals surface area contributed by atoms with E-state index >= 15 is 0 Å². The second-order valence-electron chi connectivity index (χ2n) is 3.28. The number of hydrogen-bond acceptors (Lipinski definition) is 2. The number of nitrogens with two attached hydrogens (primary N) is 1. The summed E-state index contributed by atoms with van der Waals surface area (Å²) in [5.41, 5.74) is 5.72. The van der Waals surface area contributed by atoms with Gasteiger partial charge in [0.1, 0.15) is 0 Å². The third-order valence-corrected chi connectivity index (χ3v) is 2.21. The van der Waals surface area contributed by atoms with E-state index in [9.17, 15) is 4.79 Å². The second-order valence-corrected chi connectivity index (χ2v) is 3.28. The van der Waals surface area contributed by atoms with Crippen LogP contribution in [0.5, 0.6) is 0 Å². The Morgan fingerprint density at radius 2 is 2.31 bits per heavy atom. The van der Waals surface area contributed by atoms with Crippen LogP contribution >= 0.6 is 0 Å². The standard InChI is InChI=1S/C10H20N2O/c1-4-6-7-12-10(13)9(11)8(3)5-2/h4,8-9H,1,5-7,11H2,2-3H3,(H,12,13)/t8-,9-/m0/s1. The van der Waals surface area contributed by atoms with Crippen LogP contribution in [0.4, 0.5) is 0 Å². The van der Waals surface area contributed by atoms with Crippen molar-refractivity contribution in [2.75, 3.05) is 6.54 Å². The zero-order valence-electron chi connectivity index (χ0n) is 8.55. The van der Waals surface area contributed by atoms with Crippen molar-refractivity contribution >= 4 is 5.91 Å². The summed E-state index contributed by atoms with van der Waals surface area (Å²) in [6, 6.07) is -0.380. The first kappa shape index (κ1) is 12.2. The Bertz CT molecular complexity index is 168. The summed E-state index contributed by atoms with van der Waals surface area (Å²) >= 11 is 0. The largest absolute Gasteiger partial charge is 0.354 e. The molecule has 0 bridgehead atoms. The van der Waals surface area contributed by atoms with Crippen molar-refractivity contribution in [3.05, 3.63) is 12.7 Å². The highest BCUT2D eigenvalue weighted by molar-refractivity contribution is 5.81. The third-order valence-electron chi connectivity index (χ3n) is 2.21. The summed E-state index contributed by atoms with van der Waals surface area (Å²) in [6.45, 7) is 8.22. The lowest BCUT2D eigenvalue weighted by molar-refractivity contribution is -0.123. The smallest absolute Gasteiger partial charge is 0.237 e. The lowest BCUT2D eigenvalue weighted by Gasteiger charge is -2.17. The van der Waals surface area contributed by atoms with Crippen LogP contribution in [0.15, 0.2) is 12.7 Å². The normalized spacial score (nSPS) is 14.7. The Morgan fingerprint density at radius 1 is 1.69 bits per heavy atom. The molecule has 0 aliphatic rings. The van der Waals surface area contributed by atoms with Crippen molar-refractivity contribution < 1.29 is 4.79 Å². The molecule has 0 spiro atoms. The zero-order chi connectivity index (χ0) is 10.3. The quantitative estimate of drug-likeness (QED) is 0.479. The van der Waals surface area contributed by atoms with Gasteiger partial charge in [0.05, 0.1) is 6.04 Å². The van der Waals surface area contributed by atoms with E-state index in [0.717, 1.165) is 12.8 Å². The molecule has 0 saturated heterocycles. The number of rotatable bonds is 6. The van der Waals surface area contributed by atoms with Crippen LogP contribution in [0.1, 0.15) is 26.7 Å². The van der Waals surface area contributed by atoms with Crippen LogP contribution in [0.3, 0.4) is 0 Å². The Labute approximate surface area is 80.4 Å². The average Bonchev–Trinajstić information content (AvgIpc) is 2.15. The Kier molecular flexibility index (Phi) is 6.24. The molecule has 0 aliphatic carbocycles. The zero-order valence-corrected chi connectivity index (χ0v) is 8.55. The van der Waals surface area contributed by atoms with E-state index in [1.54, 1.807) is 6.08 Å². The highest BCUT2D eigenvalue weighted by Gasteiger charge is 2.18. The topological polar surface area (TPSA) is 55.1 Å². The average molecular weight is 184 g/mol. The number of amides is 1. The van der Waals surface area contributed by atoms with Gasteiger partial charge in [-0.2, -0.15) is 0 Å². The molecule has 0 aromatic carbocycles. The van der Waals surface area contributed by atoms with Gasteiger partial charge in [-0.15, -0.1) is 6.58 Å². The first-order chi connectivity index (χ1) is 6.13. The minimum Gasteiger partial charge on any atom is -0.354 e. The monoisotopic (exact) mass is 184 g/mol. The molecule has 0 saturated carbocycles. The SMILES string of the molecule is C=CCCNC(=O)[C@@H](N)[C@@H](C)CC. The highest BCUT2D eigenvalue weighted by Crippen LogP contribution is 2.04. The number of nitrogens with one attached hydrogen (secondary N) is 1. The van der Waals surface area contributed by atoms with Crippen molar-refractivity contribution in [2.45, 2.75) is 32.7 Å². The molecule has 0 aromatic rings. The molecule has 3 heteroatoms. The van der Waals surface area contributed by atoms with E-state index in [-0.39, 0.29) is 17.9 Å². The van der Waals surface area contributed by atoms with Gasteiger partial charge in [-0.1, -0.05) is 26.3 Å². The Balaban J connectivity index is 3.75. The molecule has 0 heterocycles. The van der Waals surface area contributed by atoms with Gasteiger partial charge in [0.2, 0.25) is 5.91 Å². The molecule has 0 radical (unpaired) electrons. The van der Waals surface area contributed by atoms with Gasteiger partial charge in [0.15, 0.2) is 0 Å². The number of carbonyl (C=O) groups is 1. The van der Waals surface area contributed by atoms with Crippen molar-refractivity contribution in [3.63, 3.8) is 0 Å². The Hall–Kier alpha value is -0.830. The maximum absolute atomic E-state index is 11.3. The number of hydrogen-bond donors (Lipinski definition) is 2. The van der Waals surface area contributed by atoms with Gasteiger partial charge < -0.3 is 11.1 Å². The third kappa shape index (κ3) is 4.68. The van der Waals surface area contributed by atoms with Gasteiger partial charge in [-0.25, -0.2) is 0 Å². The van der Waals surface area contributed by atoms with Crippen LogP contribution < -0.4 is 11.1 Å². The Morgan fingerprint density at radius 3 is 2.77 bits per heavy atom. The van der Waals surface area contributed by atoms with Crippen molar-refractivity contribution in [2.24, 2.45) is 11.7 Å². The number of carbonyl (C=O) groups excluding carboxylic acids is 1. The van der Waals surface area contributed by atoms with Gasteiger partial charge in [-0.3, -0.25) is 4.79 Å². The van der Waals surface area contributed by atoms with Crippen LogP contribution in [0.25, 0.3) is 0 Å². The van der Waals surface area contributed by atoms with Crippen molar-refractivity contribution in [1.82, 2.24) is 5.32 Å². The molecule has 76 valence electrons. The van der Waals surface area contributed by atoms with Crippen molar-refractivity contribution in [3.8, 4) is 0 Å². The molecule has 13 heavy (non-hydrogen) atoms. The maximum atomic E-state index is 11.3. The molecule has 0 rings (SSSR count). The summed E-state index contributed by atoms with van der Waals surface area (Å²) in [6.07, 6.45) is 3.49. The predicted octanol–water partition coefficient (Wildman–Crippen LogP) is 1.05. The lowest BCUT2D eigenvalue weighted by atomic mass is 9.99. The fourth-order valence-electron chi connectivity index (χ4n) is 0.928. The summed E-state index contributed by atoms with van der Waals surface area (Å²) in [5.74, 6) is 0.180. The first-order valence-corrected chi connectivity index (χ1v) is 4.77. The fraction of sp³-hybridized carbons (Fsp3) is 0.700. The summed E-state index contributed by atoms with van der Waals surface area (Å²) in [4.78, 5) is 11.3. The van der Waals surface area contributed by atoms with Crippen LogP contribution in [-0.2, 0) is 4.79 Å². The fourth-order valence-corrected chi connectivity index (χ4v) is 0.928. The van der Waals surface area contributed by atoms with Gasteiger partial charge >= 0.3 is 0 Å². The minimum atomic E-state index is -0.380. The molecule has 3 nitrogen and oxygen atoms in total. The van der Waals surface area contributed by atoms with E-state index in [1.807, 2.05) is 13.8 Å². The summed E-state index contributed by atoms with van der Waals surface area (Å²) in [7, 11) is 0. The molecule has 0 unspecified atom stereocenters. The molecule has 2 atom stereocenters. The molecular formula is C10H20N2O. The molecule has 0 aromatic heterocycles. The highest BCUT2D eigenvalue weighted by atomic mass is 16.2. The summed E-state index contributed by atoms with van der Waals surface area (Å²) in [5, 5.41) is 2.76. The first-order valence-electron chi connectivity index (χ1n) is 4.77. The predicted molar refractivity (Wildman–Crippen MR) is 55.3 cm³/mol. The lowest BCUT2D eigenvalue weighted by Crippen LogP contribution is -2.44. The molecule has 1 amide bonds. The van der Waals surface area contributed by atoms with Crippen LogP contribution in [0, 0.1) is 5.92 Å². The minimum absolute atomic E-state index is 0.0591. The van der Waals surface area contributed by atoms with Gasteiger partial charge in [-0.05, 0) is 12.3 Å². The van der Waals surface area contributed by atoms with Gasteiger partial charge in [0.25, 0.3) is 0 Å². The van der Waals surface area contributed by atoms with Crippen molar-refractivity contribution in [1.29, 1.82) is 0 Å². The second kappa shape index (κ2) is 6.66. The van der Waals surface area contributed by atoms with Crippen LogP contribution in [0.2, 0.25) is 0 Å². The van der Waals surface area contributed by atoms with Crippen LogP contribution in [-0.4, -0.2) is 18.5 Å². The van der Waals surface area contributed by atoms with E-state index in [1.165, 1.54) is 0 Å². The molecule has 0 fully saturated rings. The maximum Gasteiger partial charge on any atom is 0.237 e. The summed E-state index contributed by atoms with van der Waals surface area (Å²) < 4.78 is 0. The molecular weight excluding hydrogens is 164 g/mol.